The summed E-state index contributed by atoms with van der Waals surface area (Å²) >= 11 is 1.39. The Balaban J connectivity index is 1.83. The highest BCUT2D eigenvalue weighted by Crippen LogP contribution is 2.32. The largest absolute Gasteiger partial charge is 0.466 e. The van der Waals surface area contributed by atoms with Crippen molar-refractivity contribution < 1.29 is 18.7 Å². The molecule has 3 heterocycles. The Hall–Kier alpha value is -2.31. The molecule has 3 rings (SSSR count). The highest BCUT2D eigenvalue weighted by atomic mass is 32.1. The molecule has 6 heteroatoms. The number of nitrogens with one attached hydrogen (secondary N) is 1. The minimum atomic E-state index is -1.40. The molecule has 108 valence electrons. The van der Waals surface area contributed by atoms with E-state index in [1.165, 1.54) is 23.9 Å². The number of carbonyl (C=O) groups excluding carboxylic acids is 1. The maximum atomic E-state index is 11.9. The van der Waals surface area contributed by atoms with Crippen molar-refractivity contribution in [1.29, 1.82) is 0 Å². The number of thiophene rings is 1. The van der Waals surface area contributed by atoms with Gasteiger partial charge in [0.15, 0.2) is 11.4 Å². The molecule has 3 aromatic heterocycles. The van der Waals surface area contributed by atoms with Gasteiger partial charge in [0, 0.05) is 4.88 Å². The molecule has 2 N–H and O–H groups in total. The second-order valence-electron chi connectivity index (χ2n) is 4.47. The third-order valence-electron chi connectivity index (χ3n) is 3.11. The summed E-state index contributed by atoms with van der Waals surface area (Å²) in [6.45, 7) is -0.0133. The second-order valence-corrected chi connectivity index (χ2v) is 5.42. The zero-order valence-electron chi connectivity index (χ0n) is 11.0. The zero-order valence-corrected chi connectivity index (χ0v) is 11.8. The summed E-state index contributed by atoms with van der Waals surface area (Å²) in [6.07, 6.45) is 2.91. The first-order valence-corrected chi connectivity index (χ1v) is 7.20. The molecule has 0 unspecified atom stereocenters. The SMILES string of the molecule is O=C(NC[C@](O)(c1ccco1)c1cccs1)c1ccco1. The van der Waals surface area contributed by atoms with Gasteiger partial charge in [-0.25, -0.2) is 0 Å². The van der Waals surface area contributed by atoms with Gasteiger partial charge in [0.1, 0.15) is 5.76 Å². The third kappa shape index (κ3) is 2.63. The van der Waals surface area contributed by atoms with E-state index in [0.717, 1.165) is 0 Å². The average Bonchev–Trinajstić information content (AvgIpc) is 3.27. The average molecular weight is 303 g/mol. The van der Waals surface area contributed by atoms with Crippen LogP contribution in [0.3, 0.4) is 0 Å². The van der Waals surface area contributed by atoms with Crippen molar-refractivity contribution in [1.82, 2.24) is 5.32 Å². The van der Waals surface area contributed by atoms with E-state index in [4.69, 9.17) is 8.83 Å². The molecule has 3 aromatic rings. The molecule has 5 nitrogen and oxygen atoms in total. The normalized spacial score (nSPS) is 13.8. The van der Waals surface area contributed by atoms with E-state index in [0.29, 0.717) is 10.6 Å². The first-order chi connectivity index (χ1) is 10.2. The van der Waals surface area contributed by atoms with Crippen LogP contribution in [0.2, 0.25) is 0 Å². The van der Waals surface area contributed by atoms with Gasteiger partial charge < -0.3 is 19.3 Å². The molecule has 1 amide bonds. The molecule has 0 aliphatic heterocycles. The molecule has 0 aromatic carbocycles. The number of aliphatic hydroxyl groups is 1. The van der Waals surface area contributed by atoms with Gasteiger partial charge in [0.05, 0.1) is 19.1 Å². The van der Waals surface area contributed by atoms with Crippen LogP contribution >= 0.6 is 11.3 Å². The Morgan fingerprint density at radius 1 is 1.19 bits per heavy atom. The first-order valence-electron chi connectivity index (χ1n) is 6.32. The third-order valence-corrected chi connectivity index (χ3v) is 4.13. The summed E-state index contributed by atoms with van der Waals surface area (Å²) in [5.41, 5.74) is -1.40. The summed E-state index contributed by atoms with van der Waals surface area (Å²) in [5, 5.41) is 15.5. The van der Waals surface area contributed by atoms with Crippen LogP contribution in [0.5, 0.6) is 0 Å². The van der Waals surface area contributed by atoms with E-state index in [2.05, 4.69) is 5.32 Å². The van der Waals surface area contributed by atoms with Crippen LogP contribution in [-0.2, 0) is 5.60 Å². The molecule has 0 aliphatic rings. The maximum absolute atomic E-state index is 11.9. The molecule has 0 saturated carbocycles. The van der Waals surface area contributed by atoms with Gasteiger partial charge in [0.2, 0.25) is 0 Å². The van der Waals surface area contributed by atoms with Crippen molar-refractivity contribution in [2.75, 3.05) is 6.54 Å². The van der Waals surface area contributed by atoms with E-state index < -0.39 is 5.60 Å². The maximum Gasteiger partial charge on any atom is 0.287 e. The Morgan fingerprint density at radius 3 is 2.62 bits per heavy atom. The fraction of sp³-hybridized carbons (Fsp3) is 0.133. The van der Waals surface area contributed by atoms with Gasteiger partial charge in [-0.15, -0.1) is 11.3 Å². The number of rotatable bonds is 5. The summed E-state index contributed by atoms with van der Waals surface area (Å²) in [5.74, 6) is 0.189. The summed E-state index contributed by atoms with van der Waals surface area (Å²) in [7, 11) is 0. The van der Waals surface area contributed by atoms with Crippen LogP contribution in [-0.4, -0.2) is 17.6 Å². The number of amides is 1. The standard InChI is InChI=1S/C15H13NO4S/c17-14(11-4-1-7-19-11)16-10-15(18,12-5-2-8-20-12)13-6-3-9-21-13/h1-9,18H,10H2,(H,16,17)/t15-/m0/s1. The van der Waals surface area contributed by atoms with Gasteiger partial charge in [-0.1, -0.05) is 6.07 Å². The summed E-state index contributed by atoms with van der Waals surface area (Å²) < 4.78 is 10.4. The van der Waals surface area contributed by atoms with Crippen molar-refractivity contribution in [2.45, 2.75) is 5.60 Å². The van der Waals surface area contributed by atoms with Gasteiger partial charge in [-0.05, 0) is 35.7 Å². The quantitative estimate of drug-likeness (QED) is 0.759. The highest BCUT2D eigenvalue weighted by molar-refractivity contribution is 7.10. The lowest BCUT2D eigenvalue weighted by atomic mass is 9.98. The van der Waals surface area contributed by atoms with Gasteiger partial charge in [-0.2, -0.15) is 0 Å². The molecular weight excluding hydrogens is 290 g/mol. The van der Waals surface area contributed by atoms with Crippen LogP contribution in [0.1, 0.15) is 21.2 Å². The van der Waals surface area contributed by atoms with Crippen LogP contribution in [0.4, 0.5) is 0 Å². The Kier molecular flexibility index (Phi) is 3.64. The minimum absolute atomic E-state index is 0.0133. The number of carbonyl (C=O) groups is 1. The first kappa shape index (κ1) is 13.7. The van der Waals surface area contributed by atoms with Crippen LogP contribution in [0.15, 0.2) is 63.1 Å². The number of furan rings is 2. The van der Waals surface area contributed by atoms with Gasteiger partial charge in [0.25, 0.3) is 5.91 Å². The van der Waals surface area contributed by atoms with Crippen molar-refractivity contribution in [3.63, 3.8) is 0 Å². The molecular formula is C15H13NO4S. The molecule has 0 radical (unpaired) electrons. The fourth-order valence-electron chi connectivity index (χ4n) is 2.03. The zero-order chi connectivity index (χ0) is 14.7. The van der Waals surface area contributed by atoms with E-state index >= 15 is 0 Å². The molecule has 0 fully saturated rings. The van der Waals surface area contributed by atoms with Crippen LogP contribution < -0.4 is 5.32 Å². The highest BCUT2D eigenvalue weighted by Gasteiger charge is 2.36. The molecule has 21 heavy (non-hydrogen) atoms. The molecule has 0 spiro atoms. The van der Waals surface area contributed by atoms with Gasteiger partial charge >= 0.3 is 0 Å². The van der Waals surface area contributed by atoms with Crippen molar-refractivity contribution in [3.8, 4) is 0 Å². The smallest absolute Gasteiger partial charge is 0.287 e. The van der Waals surface area contributed by atoms with Crippen LogP contribution in [0.25, 0.3) is 0 Å². The number of hydrogen-bond donors (Lipinski definition) is 2. The van der Waals surface area contributed by atoms with Crippen molar-refractivity contribution >= 4 is 17.2 Å². The topological polar surface area (TPSA) is 75.6 Å². The molecule has 0 aliphatic carbocycles. The van der Waals surface area contributed by atoms with Crippen molar-refractivity contribution in [3.05, 3.63) is 70.7 Å². The molecule has 0 saturated heterocycles. The molecule has 1 atom stereocenters. The predicted octanol–water partition coefficient (Wildman–Crippen LogP) is 2.60. The lowest BCUT2D eigenvalue weighted by Crippen LogP contribution is -2.40. The minimum Gasteiger partial charge on any atom is -0.466 e. The Morgan fingerprint density at radius 2 is 2.00 bits per heavy atom. The van der Waals surface area contributed by atoms with Gasteiger partial charge in [-0.3, -0.25) is 4.79 Å². The van der Waals surface area contributed by atoms with E-state index in [1.54, 1.807) is 30.3 Å². The summed E-state index contributed by atoms with van der Waals surface area (Å²) in [4.78, 5) is 12.6. The predicted molar refractivity (Wildman–Crippen MR) is 77.1 cm³/mol. The Labute approximate surface area is 124 Å². The van der Waals surface area contributed by atoms with Crippen molar-refractivity contribution in [2.24, 2.45) is 0 Å². The van der Waals surface area contributed by atoms with Crippen LogP contribution in [0, 0.1) is 0 Å². The lowest BCUT2D eigenvalue weighted by Gasteiger charge is -2.25. The monoisotopic (exact) mass is 303 g/mol. The van der Waals surface area contributed by atoms with E-state index in [9.17, 15) is 9.90 Å². The van der Waals surface area contributed by atoms with E-state index in [1.807, 2.05) is 11.4 Å². The summed E-state index contributed by atoms with van der Waals surface area (Å²) in [6, 6.07) is 10.2. The second kappa shape index (κ2) is 5.59. The van der Waals surface area contributed by atoms with E-state index in [-0.39, 0.29) is 18.2 Å². The fourth-order valence-corrected chi connectivity index (χ4v) is 2.86. The lowest BCUT2D eigenvalue weighted by molar-refractivity contribution is 0.0546. The number of hydrogen-bond acceptors (Lipinski definition) is 5. The Bertz CT molecular complexity index is 652. The molecule has 0 bridgehead atoms.